The van der Waals surface area contributed by atoms with Crippen LogP contribution in [0.5, 0.6) is 5.75 Å². The zero-order chi connectivity index (χ0) is 16.2. The van der Waals surface area contributed by atoms with Crippen molar-refractivity contribution in [3.05, 3.63) is 65.2 Å². The minimum Gasteiger partial charge on any atom is -0.497 e. The van der Waals surface area contributed by atoms with Gasteiger partial charge in [-0.15, -0.1) is 0 Å². The Labute approximate surface area is 136 Å². The predicted molar refractivity (Wildman–Crippen MR) is 87.9 cm³/mol. The zero-order valence-electron chi connectivity index (χ0n) is 13.1. The maximum absolute atomic E-state index is 10.1. The molecule has 1 saturated heterocycles. The van der Waals surface area contributed by atoms with Gasteiger partial charge in [-0.2, -0.15) is 5.26 Å². The summed E-state index contributed by atoms with van der Waals surface area (Å²) in [4.78, 5) is 2.23. The number of methoxy groups -OCH3 is 1. The Balaban J connectivity index is 1.86. The van der Waals surface area contributed by atoms with Gasteiger partial charge in [-0.05, 0) is 35.7 Å². The smallest absolute Gasteiger partial charge is 0.119 e. The first-order valence-electron chi connectivity index (χ1n) is 7.75. The summed E-state index contributed by atoms with van der Waals surface area (Å²) in [5.74, 6) is 0.821. The SMILES string of the molecule is COc1cccc([C@@H]2C[C@@H](O)CN2Cc2ccccc2C#N)c1. The van der Waals surface area contributed by atoms with E-state index in [4.69, 9.17) is 4.74 Å². The van der Waals surface area contributed by atoms with Gasteiger partial charge < -0.3 is 9.84 Å². The van der Waals surface area contributed by atoms with E-state index >= 15 is 0 Å². The Morgan fingerprint density at radius 3 is 2.87 bits per heavy atom. The Bertz CT molecular complexity index is 723. The third-order valence-electron chi connectivity index (χ3n) is 4.37. The van der Waals surface area contributed by atoms with Crippen LogP contribution in [0.1, 0.15) is 29.2 Å². The highest BCUT2D eigenvalue weighted by atomic mass is 16.5. The summed E-state index contributed by atoms with van der Waals surface area (Å²) in [6.07, 6.45) is 0.350. The fraction of sp³-hybridized carbons (Fsp3) is 0.316. The number of benzene rings is 2. The van der Waals surface area contributed by atoms with Crippen LogP contribution >= 0.6 is 0 Å². The van der Waals surface area contributed by atoms with Crippen molar-refractivity contribution in [2.45, 2.75) is 25.1 Å². The molecular weight excluding hydrogens is 288 g/mol. The molecule has 1 aliphatic heterocycles. The molecule has 0 aliphatic carbocycles. The van der Waals surface area contributed by atoms with Gasteiger partial charge in [0.1, 0.15) is 5.75 Å². The molecule has 0 aromatic heterocycles. The quantitative estimate of drug-likeness (QED) is 0.943. The highest BCUT2D eigenvalue weighted by Gasteiger charge is 2.32. The molecule has 1 N–H and O–H groups in total. The molecule has 0 saturated carbocycles. The summed E-state index contributed by atoms with van der Waals surface area (Å²) < 4.78 is 5.31. The molecule has 2 aromatic rings. The van der Waals surface area contributed by atoms with Gasteiger partial charge in [-0.3, -0.25) is 4.90 Å². The molecule has 4 nitrogen and oxygen atoms in total. The van der Waals surface area contributed by atoms with Gasteiger partial charge >= 0.3 is 0 Å². The molecule has 3 rings (SSSR count). The van der Waals surface area contributed by atoms with Crippen molar-refractivity contribution in [3.63, 3.8) is 0 Å². The van der Waals surface area contributed by atoms with Crippen LogP contribution in [-0.4, -0.2) is 29.8 Å². The minimum absolute atomic E-state index is 0.131. The Hall–Kier alpha value is -2.35. The van der Waals surface area contributed by atoms with Crippen LogP contribution in [0.3, 0.4) is 0 Å². The van der Waals surface area contributed by atoms with Crippen LogP contribution in [0.25, 0.3) is 0 Å². The van der Waals surface area contributed by atoms with E-state index in [1.54, 1.807) is 7.11 Å². The van der Waals surface area contributed by atoms with E-state index in [0.717, 1.165) is 16.9 Å². The van der Waals surface area contributed by atoms with E-state index in [-0.39, 0.29) is 12.1 Å². The van der Waals surface area contributed by atoms with Crippen molar-refractivity contribution >= 4 is 0 Å². The lowest BCUT2D eigenvalue weighted by Gasteiger charge is -2.25. The van der Waals surface area contributed by atoms with Crippen molar-refractivity contribution in [1.82, 2.24) is 4.90 Å². The number of hydrogen-bond acceptors (Lipinski definition) is 4. The molecule has 118 valence electrons. The molecule has 0 unspecified atom stereocenters. The summed E-state index contributed by atoms with van der Waals surface area (Å²) in [5.41, 5.74) is 2.82. The summed E-state index contributed by atoms with van der Waals surface area (Å²) in [5, 5.41) is 19.4. The highest BCUT2D eigenvalue weighted by molar-refractivity contribution is 5.38. The molecule has 2 atom stereocenters. The lowest BCUT2D eigenvalue weighted by atomic mass is 10.0. The Morgan fingerprint density at radius 2 is 2.09 bits per heavy atom. The number of aliphatic hydroxyl groups excluding tert-OH is 1. The van der Waals surface area contributed by atoms with E-state index in [9.17, 15) is 10.4 Å². The number of ether oxygens (including phenoxy) is 1. The summed E-state index contributed by atoms with van der Waals surface area (Å²) >= 11 is 0. The Kier molecular flexibility index (Phi) is 4.61. The summed E-state index contributed by atoms with van der Waals surface area (Å²) in [7, 11) is 1.66. The fourth-order valence-electron chi connectivity index (χ4n) is 3.24. The second-order valence-electron chi connectivity index (χ2n) is 5.88. The number of nitrogens with zero attached hydrogens (tertiary/aromatic N) is 2. The topological polar surface area (TPSA) is 56.5 Å². The van der Waals surface area contributed by atoms with Crippen LogP contribution in [0.2, 0.25) is 0 Å². The number of β-amino-alcohol motifs (C(OH)–C–C–N with tert-alkyl or cyclic N) is 1. The first kappa shape index (κ1) is 15.5. The zero-order valence-corrected chi connectivity index (χ0v) is 13.1. The molecule has 0 bridgehead atoms. The van der Waals surface area contributed by atoms with Gasteiger partial charge in [0.2, 0.25) is 0 Å². The van der Waals surface area contributed by atoms with Crippen molar-refractivity contribution in [2.75, 3.05) is 13.7 Å². The lowest BCUT2D eigenvalue weighted by molar-refractivity contribution is 0.172. The largest absolute Gasteiger partial charge is 0.497 e. The molecule has 0 spiro atoms. The van der Waals surface area contributed by atoms with Gasteiger partial charge in [0.25, 0.3) is 0 Å². The molecule has 2 aromatic carbocycles. The first-order valence-corrected chi connectivity index (χ1v) is 7.75. The average molecular weight is 308 g/mol. The van der Waals surface area contributed by atoms with Gasteiger partial charge in [0, 0.05) is 19.1 Å². The minimum atomic E-state index is -0.347. The number of hydrogen-bond donors (Lipinski definition) is 1. The van der Waals surface area contributed by atoms with Gasteiger partial charge in [-0.1, -0.05) is 30.3 Å². The highest BCUT2D eigenvalue weighted by Crippen LogP contribution is 2.35. The van der Waals surface area contributed by atoms with Crippen LogP contribution in [0.4, 0.5) is 0 Å². The van der Waals surface area contributed by atoms with Crippen molar-refractivity contribution in [1.29, 1.82) is 5.26 Å². The van der Waals surface area contributed by atoms with Crippen molar-refractivity contribution in [3.8, 4) is 11.8 Å². The van der Waals surface area contributed by atoms with E-state index < -0.39 is 0 Å². The second-order valence-corrected chi connectivity index (χ2v) is 5.88. The monoisotopic (exact) mass is 308 g/mol. The fourth-order valence-corrected chi connectivity index (χ4v) is 3.24. The van der Waals surface area contributed by atoms with E-state index in [1.807, 2.05) is 42.5 Å². The third-order valence-corrected chi connectivity index (χ3v) is 4.37. The summed E-state index contributed by atoms with van der Waals surface area (Å²) in [6.45, 7) is 1.27. The maximum Gasteiger partial charge on any atom is 0.119 e. The van der Waals surface area contributed by atoms with E-state index in [0.29, 0.717) is 25.1 Å². The molecule has 1 heterocycles. The third kappa shape index (κ3) is 3.37. The number of aliphatic hydroxyl groups is 1. The normalized spacial score (nSPS) is 21.1. The summed E-state index contributed by atoms with van der Waals surface area (Å²) in [6, 6.07) is 18.0. The number of rotatable bonds is 4. The van der Waals surface area contributed by atoms with Crippen LogP contribution in [-0.2, 0) is 6.54 Å². The molecule has 1 aliphatic rings. The van der Waals surface area contributed by atoms with Crippen LogP contribution in [0.15, 0.2) is 48.5 Å². The molecule has 0 radical (unpaired) electrons. The van der Waals surface area contributed by atoms with Crippen molar-refractivity contribution in [2.24, 2.45) is 0 Å². The van der Waals surface area contributed by atoms with E-state index in [1.165, 1.54) is 0 Å². The lowest BCUT2D eigenvalue weighted by Crippen LogP contribution is -2.24. The van der Waals surface area contributed by atoms with Crippen molar-refractivity contribution < 1.29 is 9.84 Å². The van der Waals surface area contributed by atoms with Gasteiger partial charge in [-0.25, -0.2) is 0 Å². The Morgan fingerprint density at radius 1 is 1.26 bits per heavy atom. The number of nitriles is 1. The first-order chi connectivity index (χ1) is 11.2. The molecular formula is C19H20N2O2. The van der Waals surface area contributed by atoms with Gasteiger partial charge in [0.15, 0.2) is 0 Å². The number of likely N-dealkylation sites (tertiary alicyclic amines) is 1. The molecule has 1 fully saturated rings. The van der Waals surface area contributed by atoms with Crippen LogP contribution < -0.4 is 4.74 Å². The molecule has 4 heteroatoms. The molecule has 0 amide bonds. The average Bonchev–Trinajstić information content (AvgIpc) is 2.96. The predicted octanol–water partition coefficient (Wildman–Crippen LogP) is 2.87. The van der Waals surface area contributed by atoms with Gasteiger partial charge in [0.05, 0.1) is 24.8 Å². The standard InChI is InChI=1S/C19H20N2O2/c1-23-18-8-4-7-14(9-18)19-10-17(22)13-21(19)12-16-6-3-2-5-15(16)11-20/h2-9,17,19,22H,10,12-13H2,1H3/t17-,19+/m1/s1. The van der Waals surface area contributed by atoms with Crippen LogP contribution in [0, 0.1) is 11.3 Å². The second kappa shape index (κ2) is 6.82. The maximum atomic E-state index is 10.1. The molecule has 23 heavy (non-hydrogen) atoms. The van der Waals surface area contributed by atoms with E-state index in [2.05, 4.69) is 17.0 Å².